The van der Waals surface area contributed by atoms with Crippen LogP contribution in [0.15, 0.2) is 11.6 Å². The molecule has 1 heterocycles. The van der Waals surface area contributed by atoms with Gasteiger partial charge in [0.1, 0.15) is 5.57 Å². The van der Waals surface area contributed by atoms with Crippen molar-refractivity contribution in [3.63, 3.8) is 0 Å². The van der Waals surface area contributed by atoms with Crippen molar-refractivity contribution in [3.05, 3.63) is 33.1 Å². The summed E-state index contributed by atoms with van der Waals surface area (Å²) in [4.78, 5) is 23.7. The number of carbonyl (C=O) groups excluding carboxylic acids is 2. The van der Waals surface area contributed by atoms with Gasteiger partial charge in [-0.25, -0.2) is 14.0 Å². The highest BCUT2D eigenvalue weighted by atomic mass is 35.5. The molecule has 2 rings (SSSR count). The van der Waals surface area contributed by atoms with Gasteiger partial charge >= 0.3 is 11.9 Å². The van der Waals surface area contributed by atoms with Crippen LogP contribution in [0.4, 0.5) is 4.39 Å². The molecule has 0 aliphatic carbocycles. The molecule has 1 aromatic carbocycles. The van der Waals surface area contributed by atoms with E-state index in [0.717, 1.165) is 6.08 Å². The molecule has 1 saturated heterocycles. The first-order chi connectivity index (χ1) is 10.2. The molecule has 0 spiro atoms. The molecule has 0 N–H and O–H groups in total. The van der Waals surface area contributed by atoms with Crippen LogP contribution < -0.4 is 4.74 Å². The number of esters is 2. The van der Waals surface area contributed by atoms with Crippen LogP contribution in [0.2, 0.25) is 10.0 Å². The molecule has 0 bridgehead atoms. The predicted octanol–water partition coefficient (Wildman–Crippen LogP) is 3.36. The summed E-state index contributed by atoms with van der Waals surface area (Å²) in [5.74, 6) is -4.42. The van der Waals surface area contributed by atoms with Gasteiger partial charge < -0.3 is 14.2 Å². The second-order valence-electron chi connectivity index (χ2n) is 4.84. The summed E-state index contributed by atoms with van der Waals surface area (Å²) >= 11 is 11.7. The highest BCUT2D eigenvalue weighted by Gasteiger charge is 2.39. The molecular weight excluding hydrogens is 338 g/mol. The SMILES string of the molecule is COc1c(Cl)cc(Cl)c(C=C2C(=O)OC(C)(C)OC2=O)c1F. The Morgan fingerprint density at radius 3 is 2.23 bits per heavy atom. The Morgan fingerprint density at radius 2 is 1.73 bits per heavy atom. The van der Waals surface area contributed by atoms with E-state index >= 15 is 0 Å². The van der Waals surface area contributed by atoms with E-state index in [1.807, 2.05) is 0 Å². The molecule has 0 amide bonds. The second-order valence-corrected chi connectivity index (χ2v) is 5.65. The molecule has 22 heavy (non-hydrogen) atoms. The smallest absolute Gasteiger partial charge is 0.348 e. The Bertz CT molecular complexity index is 675. The van der Waals surface area contributed by atoms with E-state index in [-0.39, 0.29) is 21.4 Å². The van der Waals surface area contributed by atoms with Crippen molar-refractivity contribution >= 4 is 41.2 Å². The van der Waals surface area contributed by atoms with Gasteiger partial charge in [0.15, 0.2) is 11.6 Å². The third kappa shape index (κ3) is 3.03. The second kappa shape index (κ2) is 5.78. The third-order valence-corrected chi connectivity index (χ3v) is 3.37. The van der Waals surface area contributed by atoms with Crippen LogP contribution in [0.5, 0.6) is 5.75 Å². The summed E-state index contributed by atoms with van der Waals surface area (Å²) in [5, 5.41) is -0.136. The van der Waals surface area contributed by atoms with E-state index in [9.17, 15) is 14.0 Å². The third-order valence-electron chi connectivity index (χ3n) is 2.77. The number of rotatable bonds is 2. The lowest BCUT2D eigenvalue weighted by Gasteiger charge is -2.29. The Morgan fingerprint density at radius 1 is 1.18 bits per heavy atom. The fourth-order valence-electron chi connectivity index (χ4n) is 1.83. The van der Waals surface area contributed by atoms with Gasteiger partial charge in [0.05, 0.1) is 17.2 Å². The topological polar surface area (TPSA) is 61.8 Å². The number of cyclic esters (lactones) is 2. The van der Waals surface area contributed by atoms with Gasteiger partial charge in [-0.1, -0.05) is 23.2 Å². The summed E-state index contributed by atoms with van der Waals surface area (Å²) < 4.78 is 29.0. The zero-order valence-corrected chi connectivity index (χ0v) is 13.3. The summed E-state index contributed by atoms with van der Waals surface area (Å²) in [6.07, 6.45) is 0.941. The normalized spacial score (nSPS) is 16.9. The molecule has 8 heteroatoms. The maximum absolute atomic E-state index is 14.3. The van der Waals surface area contributed by atoms with Crippen LogP contribution in [0.1, 0.15) is 19.4 Å². The number of ether oxygens (including phenoxy) is 3. The first kappa shape index (κ1) is 16.6. The quantitative estimate of drug-likeness (QED) is 0.466. The molecule has 1 aromatic rings. The Labute approximate surface area is 135 Å². The molecule has 1 fully saturated rings. The van der Waals surface area contributed by atoms with Crippen molar-refractivity contribution in [2.45, 2.75) is 19.6 Å². The number of hydrogen-bond acceptors (Lipinski definition) is 5. The van der Waals surface area contributed by atoms with Gasteiger partial charge in [0.2, 0.25) is 0 Å². The van der Waals surface area contributed by atoms with E-state index in [1.165, 1.54) is 27.0 Å². The lowest BCUT2D eigenvalue weighted by atomic mass is 10.1. The first-order valence-electron chi connectivity index (χ1n) is 6.06. The zero-order valence-electron chi connectivity index (χ0n) is 11.8. The summed E-state index contributed by atoms with van der Waals surface area (Å²) in [6.45, 7) is 2.80. The van der Waals surface area contributed by atoms with Gasteiger partial charge in [0, 0.05) is 19.4 Å². The average Bonchev–Trinajstić information content (AvgIpc) is 2.35. The van der Waals surface area contributed by atoms with E-state index in [4.69, 9.17) is 37.4 Å². The molecule has 118 valence electrons. The molecule has 0 unspecified atom stereocenters. The number of halogens is 3. The van der Waals surface area contributed by atoms with Crippen LogP contribution in [0, 0.1) is 5.82 Å². The minimum atomic E-state index is -1.38. The fraction of sp³-hybridized carbons (Fsp3) is 0.286. The largest absolute Gasteiger partial charge is 0.492 e. The minimum Gasteiger partial charge on any atom is -0.492 e. The van der Waals surface area contributed by atoms with E-state index < -0.39 is 29.1 Å². The van der Waals surface area contributed by atoms with Crippen molar-refractivity contribution in [2.75, 3.05) is 7.11 Å². The standard InChI is InChI=1S/C14H11Cl2FO5/c1-14(2)21-12(18)7(13(19)22-14)4-6-8(15)5-9(16)11(20-3)10(6)17/h4-5H,1-3H3. The van der Waals surface area contributed by atoms with Crippen LogP contribution in [-0.2, 0) is 19.1 Å². The lowest BCUT2D eigenvalue weighted by molar-refractivity contribution is -0.222. The molecule has 5 nitrogen and oxygen atoms in total. The molecular formula is C14H11Cl2FO5. The number of carbonyl (C=O) groups is 2. The van der Waals surface area contributed by atoms with Crippen LogP contribution in [0.25, 0.3) is 6.08 Å². The zero-order chi connectivity index (χ0) is 16.7. The van der Waals surface area contributed by atoms with Crippen LogP contribution in [-0.4, -0.2) is 24.8 Å². The fourth-order valence-corrected chi connectivity index (χ4v) is 2.40. The monoisotopic (exact) mass is 348 g/mol. The van der Waals surface area contributed by atoms with Crippen LogP contribution >= 0.6 is 23.2 Å². The van der Waals surface area contributed by atoms with Crippen molar-refractivity contribution in [3.8, 4) is 5.75 Å². The van der Waals surface area contributed by atoms with E-state index in [1.54, 1.807) is 0 Å². The molecule has 1 aliphatic heterocycles. The van der Waals surface area contributed by atoms with Gasteiger partial charge in [-0.2, -0.15) is 0 Å². The number of methoxy groups -OCH3 is 1. The summed E-state index contributed by atoms with van der Waals surface area (Å²) in [5.41, 5.74) is -0.712. The molecule has 1 aliphatic rings. The highest BCUT2D eigenvalue weighted by molar-refractivity contribution is 6.36. The van der Waals surface area contributed by atoms with Crippen molar-refractivity contribution in [1.29, 1.82) is 0 Å². The molecule has 0 atom stereocenters. The van der Waals surface area contributed by atoms with E-state index in [2.05, 4.69) is 0 Å². The minimum absolute atomic E-state index is 0.0397. The molecule has 0 saturated carbocycles. The van der Waals surface area contributed by atoms with Gasteiger partial charge in [-0.15, -0.1) is 0 Å². The maximum atomic E-state index is 14.3. The number of hydrogen-bond donors (Lipinski definition) is 0. The first-order valence-corrected chi connectivity index (χ1v) is 6.81. The molecule has 0 aromatic heterocycles. The van der Waals surface area contributed by atoms with Gasteiger partial charge in [-0.3, -0.25) is 0 Å². The van der Waals surface area contributed by atoms with Gasteiger partial charge in [-0.05, 0) is 12.1 Å². The summed E-state index contributed by atoms with van der Waals surface area (Å²) in [7, 11) is 1.22. The van der Waals surface area contributed by atoms with Crippen molar-refractivity contribution in [2.24, 2.45) is 0 Å². The average molecular weight is 349 g/mol. The van der Waals surface area contributed by atoms with Crippen molar-refractivity contribution < 1.29 is 28.2 Å². The van der Waals surface area contributed by atoms with Crippen molar-refractivity contribution in [1.82, 2.24) is 0 Å². The highest BCUT2D eigenvalue weighted by Crippen LogP contribution is 2.36. The van der Waals surface area contributed by atoms with E-state index in [0.29, 0.717) is 0 Å². The Kier molecular flexibility index (Phi) is 4.35. The predicted molar refractivity (Wildman–Crippen MR) is 77.2 cm³/mol. The lowest BCUT2D eigenvalue weighted by Crippen LogP contribution is -2.41. The van der Waals surface area contributed by atoms with Gasteiger partial charge in [0.25, 0.3) is 5.79 Å². The van der Waals surface area contributed by atoms with Crippen LogP contribution in [0.3, 0.4) is 0 Å². The Hall–Kier alpha value is -1.79. The molecule has 0 radical (unpaired) electrons. The number of benzene rings is 1. The maximum Gasteiger partial charge on any atom is 0.348 e. The Balaban J connectivity index is 2.54. The summed E-state index contributed by atoms with van der Waals surface area (Å²) in [6, 6.07) is 1.24.